The van der Waals surface area contributed by atoms with Crippen molar-refractivity contribution in [3.8, 4) is 5.75 Å². The summed E-state index contributed by atoms with van der Waals surface area (Å²) in [7, 11) is 0. The lowest BCUT2D eigenvalue weighted by Crippen LogP contribution is -2.25. The first kappa shape index (κ1) is 12.2. The summed E-state index contributed by atoms with van der Waals surface area (Å²) < 4.78 is 5.81. The largest absolute Gasteiger partial charge is 0.492 e. The third kappa shape index (κ3) is 3.13. The summed E-state index contributed by atoms with van der Waals surface area (Å²) in [5.41, 5.74) is 8.99. The van der Waals surface area contributed by atoms with Crippen LogP contribution in [-0.4, -0.2) is 31.1 Å². The molecule has 1 aliphatic rings. The van der Waals surface area contributed by atoms with E-state index < -0.39 is 0 Å². The van der Waals surface area contributed by atoms with Crippen LogP contribution in [-0.2, 0) is 0 Å². The Kier molecular flexibility index (Phi) is 3.89. The molecule has 3 heteroatoms. The Hall–Kier alpha value is -1.22. The van der Waals surface area contributed by atoms with Gasteiger partial charge in [0.25, 0.3) is 0 Å². The predicted octanol–water partition coefficient (Wildman–Crippen LogP) is 2.36. The third-order valence-corrected chi connectivity index (χ3v) is 3.43. The Morgan fingerprint density at radius 3 is 2.59 bits per heavy atom. The maximum atomic E-state index is 5.89. The van der Waals surface area contributed by atoms with Crippen LogP contribution in [0.3, 0.4) is 0 Å². The molecule has 1 aliphatic heterocycles. The fraction of sp³-hybridized carbons (Fsp3) is 0.571. The number of aryl methyl sites for hydroxylation is 2. The summed E-state index contributed by atoms with van der Waals surface area (Å²) in [6.07, 6.45) is 2.66. The summed E-state index contributed by atoms with van der Waals surface area (Å²) in [5, 5.41) is 0. The molecule has 0 atom stereocenters. The molecule has 0 spiro atoms. The van der Waals surface area contributed by atoms with E-state index >= 15 is 0 Å². The lowest BCUT2D eigenvalue weighted by atomic mass is 10.1. The molecule has 0 aromatic heterocycles. The van der Waals surface area contributed by atoms with Gasteiger partial charge in [0.2, 0.25) is 0 Å². The van der Waals surface area contributed by atoms with Crippen molar-refractivity contribution in [3.63, 3.8) is 0 Å². The molecular weight excluding hydrogens is 212 g/mol. The molecule has 1 aromatic rings. The molecular formula is C14H22N2O. The van der Waals surface area contributed by atoms with Gasteiger partial charge in [-0.05, 0) is 50.9 Å². The Morgan fingerprint density at radius 2 is 1.88 bits per heavy atom. The van der Waals surface area contributed by atoms with E-state index in [0.29, 0.717) is 0 Å². The van der Waals surface area contributed by atoms with Crippen molar-refractivity contribution in [3.05, 3.63) is 23.3 Å². The van der Waals surface area contributed by atoms with E-state index in [2.05, 4.69) is 17.9 Å². The van der Waals surface area contributed by atoms with Gasteiger partial charge in [-0.2, -0.15) is 0 Å². The normalized spacial score (nSPS) is 16.4. The van der Waals surface area contributed by atoms with Crippen LogP contribution >= 0.6 is 0 Å². The lowest BCUT2D eigenvalue weighted by Gasteiger charge is -2.16. The highest BCUT2D eigenvalue weighted by atomic mass is 16.5. The fourth-order valence-corrected chi connectivity index (χ4v) is 2.29. The number of nitrogen functional groups attached to an aromatic ring is 1. The maximum Gasteiger partial charge on any atom is 0.124 e. The smallest absolute Gasteiger partial charge is 0.124 e. The van der Waals surface area contributed by atoms with E-state index in [1.165, 1.54) is 25.9 Å². The number of nitrogens with zero attached hydrogens (tertiary/aromatic N) is 1. The fourth-order valence-electron chi connectivity index (χ4n) is 2.29. The molecule has 0 saturated carbocycles. The van der Waals surface area contributed by atoms with Crippen LogP contribution < -0.4 is 10.5 Å². The minimum Gasteiger partial charge on any atom is -0.492 e. The van der Waals surface area contributed by atoms with E-state index in [1.54, 1.807) is 0 Å². The van der Waals surface area contributed by atoms with Crippen molar-refractivity contribution in [2.45, 2.75) is 26.7 Å². The summed E-state index contributed by atoms with van der Waals surface area (Å²) in [6.45, 7) is 8.31. The second-order valence-corrected chi connectivity index (χ2v) is 4.87. The molecule has 0 unspecified atom stereocenters. The van der Waals surface area contributed by atoms with Crippen molar-refractivity contribution in [1.29, 1.82) is 0 Å². The van der Waals surface area contributed by atoms with Crippen LogP contribution in [0.1, 0.15) is 24.0 Å². The molecule has 17 heavy (non-hydrogen) atoms. The van der Waals surface area contributed by atoms with Crippen molar-refractivity contribution in [2.75, 3.05) is 32.0 Å². The first-order valence-corrected chi connectivity index (χ1v) is 6.38. The van der Waals surface area contributed by atoms with Gasteiger partial charge < -0.3 is 10.5 Å². The number of likely N-dealkylation sites (tertiary alicyclic amines) is 1. The van der Waals surface area contributed by atoms with Crippen molar-refractivity contribution in [1.82, 2.24) is 4.90 Å². The molecule has 3 nitrogen and oxygen atoms in total. The van der Waals surface area contributed by atoms with E-state index in [9.17, 15) is 0 Å². The summed E-state index contributed by atoms with van der Waals surface area (Å²) in [6, 6.07) is 4.02. The molecule has 0 aliphatic carbocycles. The highest BCUT2D eigenvalue weighted by molar-refractivity contribution is 5.54. The molecule has 0 amide bonds. The standard InChI is InChI=1S/C14H22N2O/c1-11-9-12(2)14(10-13(11)15)17-8-7-16-5-3-4-6-16/h9-10H,3-8,15H2,1-2H3. The zero-order chi connectivity index (χ0) is 12.3. The van der Waals surface area contributed by atoms with Crippen molar-refractivity contribution in [2.24, 2.45) is 0 Å². The van der Waals surface area contributed by atoms with Crippen LogP contribution in [0.25, 0.3) is 0 Å². The van der Waals surface area contributed by atoms with Crippen LogP contribution in [0, 0.1) is 13.8 Å². The zero-order valence-corrected chi connectivity index (χ0v) is 10.8. The van der Waals surface area contributed by atoms with Gasteiger partial charge in [0.15, 0.2) is 0 Å². The van der Waals surface area contributed by atoms with E-state index in [0.717, 1.165) is 35.7 Å². The quantitative estimate of drug-likeness (QED) is 0.813. The van der Waals surface area contributed by atoms with Crippen LogP contribution in [0.5, 0.6) is 5.75 Å². The topological polar surface area (TPSA) is 38.5 Å². The van der Waals surface area contributed by atoms with Crippen LogP contribution in [0.2, 0.25) is 0 Å². The van der Waals surface area contributed by atoms with Crippen LogP contribution in [0.15, 0.2) is 12.1 Å². The zero-order valence-electron chi connectivity index (χ0n) is 10.8. The van der Waals surface area contributed by atoms with E-state index in [4.69, 9.17) is 10.5 Å². The number of benzene rings is 1. The number of anilines is 1. The van der Waals surface area contributed by atoms with Gasteiger partial charge in [-0.3, -0.25) is 4.90 Å². The van der Waals surface area contributed by atoms with Gasteiger partial charge in [-0.1, -0.05) is 6.07 Å². The maximum absolute atomic E-state index is 5.89. The van der Waals surface area contributed by atoms with Crippen molar-refractivity contribution < 1.29 is 4.74 Å². The molecule has 2 N–H and O–H groups in total. The van der Waals surface area contributed by atoms with Gasteiger partial charge in [-0.15, -0.1) is 0 Å². The van der Waals surface area contributed by atoms with Gasteiger partial charge >= 0.3 is 0 Å². The molecule has 0 bridgehead atoms. The van der Waals surface area contributed by atoms with E-state index in [-0.39, 0.29) is 0 Å². The van der Waals surface area contributed by atoms with Gasteiger partial charge in [0, 0.05) is 18.3 Å². The minimum atomic E-state index is 0.753. The molecule has 1 aromatic carbocycles. The highest BCUT2D eigenvalue weighted by Crippen LogP contribution is 2.24. The monoisotopic (exact) mass is 234 g/mol. The summed E-state index contributed by atoms with van der Waals surface area (Å²) >= 11 is 0. The first-order chi connectivity index (χ1) is 8.16. The Balaban J connectivity index is 1.87. The summed E-state index contributed by atoms with van der Waals surface area (Å²) in [4.78, 5) is 2.45. The Bertz CT molecular complexity index is 384. The van der Waals surface area contributed by atoms with Gasteiger partial charge in [0.1, 0.15) is 12.4 Å². The second-order valence-electron chi connectivity index (χ2n) is 4.87. The molecule has 94 valence electrons. The second kappa shape index (κ2) is 5.41. The SMILES string of the molecule is Cc1cc(C)c(OCCN2CCCC2)cc1N. The number of ether oxygens (including phenoxy) is 1. The van der Waals surface area contributed by atoms with Crippen molar-refractivity contribution >= 4 is 5.69 Å². The minimum absolute atomic E-state index is 0.753. The van der Waals surface area contributed by atoms with Gasteiger partial charge in [0.05, 0.1) is 0 Å². The number of nitrogens with two attached hydrogens (primary N) is 1. The average Bonchev–Trinajstić information content (AvgIpc) is 2.78. The average molecular weight is 234 g/mol. The van der Waals surface area contributed by atoms with Gasteiger partial charge in [-0.25, -0.2) is 0 Å². The number of hydrogen-bond donors (Lipinski definition) is 1. The molecule has 1 saturated heterocycles. The number of hydrogen-bond acceptors (Lipinski definition) is 3. The molecule has 1 fully saturated rings. The molecule has 0 radical (unpaired) electrons. The molecule has 2 rings (SSSR count). The Labute approximate surface area is 104 Å². The lowest BCUT2D eigenvalue weighted by molar-refractivity contribution is 0.237. The number of rotatable bonds is 4. The summed E-state index contributed by atoms with van der Waals surface area (Å²) in [5.74, 6) is 0.923. The van der Waals surface area contributed by atoms with E-state index in [1.807, 2.05) is 13.0 Å². The van der Waals surface area contributed by atoms with Crippen LogP contribution in [0.4, 0.5) is 5.69 Å². The molecule has 1 heterocycles. The highest BCUT2D eigenvalue weighted by Gasteiger charge is 2.11. The first-order valence-electron chi connectivity index (χ1n) is 6.38. The third-order valence-electron chi connectivity index (χ3n) is 3.43. The Morgan fingerprint density at radius 1 is 1.18 bits per heavy atom. The predicted molar refractivity (Wildman–Crippen MR) is 71.5 cm³/mol.